The quantitative estimate of drug-likeness (QED) is 0.767. The van der Waals surface area contributed by atoms with E-state index >= 15 is 0 Å². The van der Waals surface area contributed by atoms with Crippen LogP contribution in [0, 0.1) is 0 Å². The Balaban J connectivity index is 2.49. The topological polar surface area (TPSA) is 26.3 Å². The van der Waals surface area contributed by atoms with Crippen molar-refractivity contribution in [2.24, 2.45) is 0 Å². The third-order valence-electron chi connectivity index (χ3n) is 1.96. The van der Waals surface area contributed by atoms with E-state index in [1.165, 1.54) is 6.92 Å². The maximum Gasteiger partial charge on any atom is 0.158 e. The van der Waals surface area contributed by atoms with Gasteiger partial charge in [0.15, 0.2) is 5.78 Å². The maximum atomic E-state index is 10.9. The summed E-state index contributed by atoms with van der Waals surface area (Å²) in [5.74, 6) is 0.0343. The largest absolute Gasteiger partial charge is 0.366 e. The Morgan fingerprint density at radius 2 is 2.29 bits per heavy atom. The number of rotatable bonds is 4. The standard InChI is InChI=1S/C11H13ClO2/c1-8(13)9(2)14-7-10-4-3-5-11(12)6-10/h3-6,9H,7H2,1-2H3. The second-order valence-electron chi connectivity index (χ2n) is 3.19. The first kappa shape index (κ1) is 11.2. The van der Waals surface area contributed by atoms with Crippen LogP contribution in [0.2, 0.25) is 5.02 Å². The summed E-state index contributed by atoms with van der Waals surface area (Å²) in [7, 11) is 0. The molecule has 76 valence electrons. The molecule has 0 aliphatic rings. The fourth-order valence-electron chi connectivity index (χ4n) is 0.965. The van der Waals surface area contributed by atoms with Gasteiger partial charge in [0.2, 0.25) is 0 Å². The predicted octanol–water partition coefficient (Wildman–Crippen LogP) is 2.83. The van der Waals surface area contributed by atoms with E-state index < -0.39 is 0 Å². The number of hydrogen-bond donors (Lipinski definition) is 0. The van der Waals surface area contributed by atoms with E-state index in [1.807, 2.05) is 18.2 Å². The minimum absolute atomic E-state index is 0.0343. The molecule has 1 unspecified atom stereocenters. The van der Waals surface area contributed by atoms with Crippen molar-refractivity contribution in [1.82, 2.24) is 0 Å². The average Bonchev–Trinajstić information content (AvgIpc) is 2.14. The summed E-state index contributed by atoms with van der Waals surface area (Å²) in [6.07, 6.45) is -0.353. The van der Waals surface area contributed by atoms with Gasteiger partial charge in [-0.15, -0.1) is 0 Å². The molecule has 1 atom stereocenters. The molecule has 1 aromatic rings. The summed E-state index contributed by atoms with van der Waals surface area (Å²) in [5.41, 5.74) is 0.977. The molecule has 0 fully saturated rings. The first-order valence-electron chi connectivity index (χ1n) is 4.46. The summed E-state index contributed by atoms with van der Waals surface area (Å²) in [6, 6.07) is 7.41. The highest BCUT2D eigenvalue weighted by Crippen LogP contribution is 2.12. The number of benzene rings is 1. The fraction of sp³-hybridized carbons (Fsp3) is 0.364. The molecule has 0 amide bonds. The van der Waals surface area contributed by atoms with Gasteiger partial charge < -0.3 is 4.74 Å². The maximum absolute atomic E-state index is 10.9. The normalized spacial score (nSPS) is 12.5. The molecule has 2 nitrogen and oxygen atoms in total. The van der Waals surface area contributed by atoms with E-state index in [-0.39, 0.29) is 11.9 Å². The molecule has 0 saturated heterocycles. The Hall–Kier alpha value is -0.860. The van der Waals surface area contributed by atoms with Gasteiger partial charge in [0.1, 0.15) is 6.10 Å². The van der Waals surface area contributed by atoms with Crippen LogP contribution in [0.4, 0.5) is 0 Å². The SMILES string of the molecule is CC(=O)C(C)OCc1cccc(Cl)c1. The van der Waals surface area contributed by atoms with Crippen LogP contribution in [0.1, 0.15) is 19.4 Å². The van der Waals surface area contributed by atoms with Crippen LogP contribution in [0.15, 0.2) is 24.3 Å². The number of carbonyl (C=O) groups is 1. The van der Waals surface area contributed by atoms with Gasteiger partial charge in [0.25, 0.3) is 0 Å². The van der Waals surface area contributed by atoms with Gasteiger partial charge >= 0.3 is 0 Å². The zero-order valence-corrected chi connectivity index (χ0v) is 9.04. The Labute approximate surface area is 88.8 Å². The van der Waals surface area contributed by atoms with Gasteiger partial charge in [-0.25, -0.2) is 0 Å². The summed E-state index contributed by atoms with van der Waals surface area (Å²) < 4.78 is 5.34. The molecule has 3 heteroatoms. The van der Waals surface area contributed by atoms with Crippen molar-refractivity contribution < 1.29 is 9.53 Å². The van der Waals surface area contributed by atoms with E-state index in [4.69, 9.17) is 16.3 Å². The number of Topliss-reactive ketones (excluding diaryl/α,β-unsaturated/α-hetero) is 1. The molecule has 0 radical (unpaired) electrons. The van der Waals surface area contributed by atoms with Crippen LogP contribution in [0.3, 0.4) is 0 Å². The lowest BCUT2D eigenvalue weighted by molar-refractivity contribution is -0.127. The average molecular weight is 213 g/mol. The third kappa shape index (κ3) is 3.48. The molecule has 0 aliphatic carbocycles. The molecule has 1 aromatic carbocycles. The van der Waals surface area contributed by atoms with Crippen molar-refractivity contribution in [3.63, 3.8) is 0 Å². The van der Waals surface area contributed by atoms with Crippen LogP contribution in [0.25, 0.3) is 0 Å². The van der Waals surface area contributed by atoms with Crippen LogP contribution in [-0.4, -0.2) is 11.9 Å². The fourth-order valence-corrected chi connectivity index (χ4v) is 1.18. The van der Waals surface area contributed by atoms with E-state index in [9.17, 15) is 4.79 Å². The number of ketones is 1. The first-order valence-corrected chi connectivity index (χ1v) is 4.84. The number of ether oxygens (including phenoxy) is 1. The Kier molecular flexibility index (Phi) is 4.11. The Morgan fingerprint density at radius 3 is 2.86 bits per heavy atom. The molecule has 0 aliphatic heterocycles. The van der Waals surface area contributed by atoms with Crippen molar-refractivity contribution >= 4 is 17.4 Å². The molecule has 0 aromatic heterocycles. The smallest absolute Gasteiger partial charge is 0.158 e. The molecule has 0 N–H and O–H groups in total. The highest BCUT2D eigenvalue weighted by molar-refractivity contribution is 6.30. The lowest BCUT2D eigenvalue weighted by atomic mass is 10.2. The second-order valence-corrected chi connectivity index (χ2v) is 3.63. The molecular formula is C11H13ClO2. The highest BCUT2D eigenvalue weighted by atomic mass is 35.5. The molecule has 1 rings (SSSR count). The van der Waals surface area contributed by atoms with Crippen molar-refractivity contribution in [2.75, 3.05) is 0 Å². The molecule has 14 heavy (non-hydrogen) atoms. The molecule has 0 spiro atoms. The highest BCUT2D eigenvalue weighted by Gasteiger charge is 2.07. The Morgan fingerprint density at radius 1 is 1.57 bits per heavy atom. The zero-order valence-electron chi connectivity index (χ0n) is 8.29. The number of carbonyl (C=O) groups excluding carboxylic acids is 1. The number of hydrogen-bond acceptors (Lipinski definition) is 2. The van der Waals surface area contributed by atoms with E-state index in [2.05, 4.69) is 0 Å². The zero-order chi connectivity index (χ0) is 10.6. The molecule has 0 bridgehead atoms. The van der Waals surface area contributed by atoms with Crippen molar-refractivity contribution in [2.45, 2.75) is 26.6 Å². The second kappa shape index (κ2) is 5.13. The summed E-state index contributed by atoms with van der Waals surface area (Å²) in [5, 5.41) is 0.682. The third-order valence-corrected chi connectivity index (χ3v) is 2.20. The molecule has 0 heterocycles. The van der Waals surface area contributed by atoms with E-state index in [0.717, 1.165) is 5.56 Å². The predicted molar refractivity (Wildman–Crippen MR) is 56.4 cm³/mol. The van der Waals surface area contributed by atoms with E-state index in [0.29, 0.717) is 11.6 Å². The van der Waals surface area contributed by atoms with Gasteiger partial charge in [-0.05, 0) is 31.5 Å². The summed E-state index contributed by atoms with van der Waals surface area (Å²) in [6.45, 7) is 3.68. The van der Waals surface area contributed by atoms with Gasteiger partial charge in [-0.2, -0.15) is 0 Å². The molecule has 0 saturated carbocycles. The van der Waals surface area contributed by atoms with E-state index in [1.54, 1.807) is 13.0 Å². The van der Waals surface area contributed by atoms with Crippen LogP contribution in [0.5, 0.6) is 0 Å². The van der Waals surface area contributed by atoms with Crippen molar-refractivity contribution in [3.05, 3.63) is 34.9 Å². The van der Waals surface area contributed by atoms with Crippen molar-refractivity contribution in [3.8, 4) is 0 Å². The van der Waals surface area contributed by atoms with Gasteiger partial charge in [-0.3, -0.25) is 4.79 Å². The summed E-state index contributed by atoms with van der Waals surface area (Å²) >= 11 is 5.80. The minimum atomic E-state index is -0.353. The Bertz CT molecular complexity index is 323. The number of halogens is 1. The van der Waals surface area contributed by atoms with Crippen LogP contribution in [-0.2, 0) is 16.1 Å². The first-order chi connectivity index (χ1) is 6.59. The van der Waals surface area contributed by atoms with Gasteiger partial charge in [-0.1, -0.05) is 23.7 Å². The van der Waals surface area contributed by atoms with Crippen LogP contribution < -0.4 is 0 Å². The summed E-state index contributed by atoms with van der Waals surface area (Å²) in [4.78, 5) is 10.9. The minimum Gasteiger partial charge on any atom is -0.366 e. The lowest BCUT2D eigenvalue weighted by Crippen LogP contribution is -2.17. The monoisotopic (exact) mass is 212 g/mol. The lowest BCUT2D eigenvalue weighted by Gasteiger charge is -2.09. The molecular weight excluding hydrogens is 200 g/mol. The van der Waals surface area contributed by atoms with Crippen LogP contribution >= 0.6 is 11.6 Å². The van der Waals surface area contributed by atoms with Gasteiger partial charge in [0.05, 0.1) is 6.61 Å². The van der Waals surface area contributed by atoms with Gasteiger partial charge in [0, 0.05) is 5.02 Å². The van der Waals surface area contributed by atoms with Crippen molar-refractivity contribution in [1.29, 1.82) is 0 Å².